The van der Waals surface area contributed by atoms with Gasteiger partial charge in [0.05, 0.1) is 32.0 Å². The Morgan fingerprint density at radius 1 is 0.566 bits per heavy atom. The maximum atomic E-state index is 13.7. The molecule has 0 bridgehead atoms. The summed E-state index contributed by atoms with van der Waals surface area (Å²) in [5, 5.41) is 15.6. The van der Waals surface area contributed by atoms with Gasteiger partial charge in [-0.05, 0) is 159 Å². The van der Waals surface area contributed by atoms with Crippen LogP contribution in [0.4, 0.5) is 0 Å². The van der Waals surface area contributed by atoms with E-state index in [1.807, 2.05) is 132 Å². The van der Waals surface area contributed by atoms with Crippen LogP contribution in [0.25, 0.3) is 22.3 Å². The first-order valence-electron chi connectivity index (χ1n) is 24.8. The quantitative estimate of drug-likeness (QED) is 0.0560. The molecule has 0 spiro atoms. The van der Waals surface area contributed by atoms with Crippen molar-refractivity contribution in [2.75, 3.05) is 7.11 Å². The average Bonchev–Trinajstić information content (AvgIpc) is 3.32. The molecule has 4 aromatic heterocycles. The Labute approximate surface area is 460 Å². The largest absolute Gasteiger partial charge is 1.00 e. The van der Waals surface area contributed by atoms with E-state index in [1.54, 1.807) is 43.2 Å². The number of aromatic nitrogens is 4. The summed E-state index contributed by atoms with van der Waals surface area (Å²) < 4.78 is 7.89. The van der Waals surface area contributed by atoms with Gasteiger partial charge in [-0.25, -0.2) is 0 Å². The molecule has 0 saturated heterocycles. The van der Waals surface area contributed by atoms with E-state index in [9.17, 15) is 33.9 Å². The van der Waals surface area contributed by atoms with Gasteiger partial charge in [0.1, 0.15) is 12.1 Å². The van der Waals surface area contributed by atoms with Gasteiger partial charge in [0.15, 0.2) is 0 Å². The van der Waals surface area contributed by atoms with E-state index in [0.717, 1.165) is 66.8 Å². The number of aliphatic carboxylic acids is 1. The number of carbonyl (C=O) groups excluding carboxylic acids is 3. The van der Waals surface area contributed by atoms with Crippen LogP contribution in [0.1, 0.15) is 141 Å². The Bertz CT molecular complexity index is 3050. The number of nitrogens with zero attached hydrogens (tertiary/aromatic N) is 4. The molecule has 16 heteroatoms. The third kappa shape index (κ3) is 17.0. The molecule has 0 aliphatic carbocycles. The first-order valence-corrected chi connectivity index (χ1v) is 24.8. The summed E-state index contributed by atoms with van der Waals surface area (Å²) >= 11 is 0. The Morgan fingerprint density at radius 3 is 1.25 bits per heavy atom. The van der Waals surface area contributed by atoms with Crippen LogP contribution in [0.3, 0.4) is 0 Å². The molecule has 15 nitrogen and oxygen atoms in total. The van der Waals surface area contributed by atoms with Crippen LogP contribution >= 0.6 is 0 Å². The van der Waals surface area contributed by atoms with Crippen LogP contribution in [0.15, 0.2) is 107 Å². The van der Waals surface area contributed by atoms with Crippen molar-refractivity contribution in [2.24, 2.45) is 11.8 Å². The number of methoxy groups -OCH3 is 1. The average molecular weight is 1030 g/mol. The summed E-state index contributed by atoms with van der Waals surface area (Å²) in [6.07, 6.45) is 10.8. The topological polar surface area (TPSA) is 222 Å². The number of ether oxygens (including phenoxy) is 1. The van der Waals surface area contributed by atoms with Gasteiger partial charge in [-0.2, -0.15) is 0 Å². The molecule has 4 N–H and O–H groups in total. The number of esters is 1. The minimum atomic E-state index is -1.04. The summed E-state index contributed by atoms with van der Waals surface area (Å²) in [6.45, 7) is 23.7. The minimum absolute atomic E-state index is 0. The van der Waals surface area contributed by atoms with Crippen molar-refractivity contribution in [3.63, 3.8) is 0 Å². The third-order valence-electron chi connectivity index (χ3n) is 13.2. The third-order valence-corrected chi connectivity index (χ3v) is 13.2. The van der Waals surface area contributed by atoms with E-state index in [-0.39, 0.29) is 73.5 Å². The van der Waals surface area contributed by atoms with Crippen molar-refractivity contribution >= 4 is 23.8 Å². The second kappa shape index (κ2) is 29.4. The Morgan fingerprint density at radius 2 is 0.921 bits per heavy atom. The number of rotatable bonds is 18. The number of amides is 2. The molecule has 0 aliphatic rings. The smallest absolute Gasteiger partial charge is 0.870 e. The van der Waals surface area contributed by atoms with Gasteiger partial charge in [0, 0.05) is 60.4 Å². The maximum Gasteiger partial charge on any atom is 1.00 e. The van der Waals surface area contributed by atoms with E-state index in [1.165, 1.54) is 22.3 Å². The molecule has 6 aromatic rings. The molecule has 0 saturated carbocycles. The molecule has 2 aromatic carbocycles. The second-order valence-corrected chi connectivity index (χ2v) is 20.1. The molecule has 4 atom stereocenters. The van der Waals surface area contributed by atoms with Crippen molar-refractivity contribution in [2.45, 2.75) is 140 Å². The summed E-state index contributed by atoms with van der Waals surface area (Å²) in [4.78, 5) is 85.8. The Hall–Kier alpha value is -6.92. The number of benzene rings is 2. The van der Waals surface area contributed by atoms with Crippen LogP contribution < -0.4 is 40.6 Å². The number of pyridine rings is 4. The Balaban J connectivity index is 0.000000500. The van der Waals surface area contributed by atoms with Crippen LogP contribution in [-0.2, 0) is 23.9 Å². The first kappa shape index (κ1) is 65.2. The van der Waals surface area contributed by atoms with E-state index in [4.69, 9.17) is 4.74 Å². The minimum Gasteiger partial charge on any atom is -0.870 e. The normalized spacial score (nSPS) is 12.3. The molecule has 4 heterocycles. The van der Waals surface area contributed by atoms with Gasteiger partial charge in [-0.1, -0.05) is 71.5 Å². The SMILES string of the molecule is C.COC(=O)CC(NC(=O)C(CC(C)C)n1cc(C)c(C)cc1=O)c1cncc(-c2c(C)cccc2C)c1.Cc1cc(=O)n(C(CC(C)C)C(=O)NC(CC(=O)O)c2cncc(-c3c(C)cccc3C)c2)cc1C.[Li+].[OH-]. The zero-order valence-electron chi connectivity index (χ0n) is 46.1. The fourth-order valence-corrected chi connectivity index (χ4v) is 9.14. The number of hydrogen-bond donors (Lipinski definition) is 3. The van der Waals surface area contributed by atoms with Crippen molar-refractivity contribution in [1.82, 2.24) is 29.7 Å². The van der Waals surface area contributed by atoms with Crippen molar-refractivity contribution in [3.05, 3.63) is 174 Å². The predicted octanol–water partition coefficient (Wildman–Crippen LogP) is 7.68. The molecular weight excluding hydrogens is 956 g/mol. The maximum absolute atomic E-state index is 13.7. The molecule has 402 valence electrons. The van der Waals surface area contributed by atoms with E-state index in [2.05, 4.69) is 20.6 Å². The standard InChI is InChI=1S/C30H37N3O4.C29H35N3O4.CH4.Li.H2O/c1-18(2)11-26(33-17-22(6)21(5)12-27(33)34)30(36)32-25(14-28(35)37-7)23-13-24(16-31-15-23)29-19(3)9-8-10-20(29)4;1-17(2)10-25(32-16-21(6)20(5)11-26(32)33)29(36)31-24(13-27(34)35)22-12-23(15-30-14-22)28-18(3)8-7-9-19(28)4;;;/h8-10,12-13,15-18,25-26H,11,14H2,1-7H3,(H,32,36);7-9,11-12,14-17,24-25H,10,13H2,1-6H3,(H,31,36)(H,34,35);1H4;;1H2/q;;;+1;/p-1. The molecule has 4 unspecified atom stereocenters. The number of carboxylic acid groups (broad SMARTS) is 1. The van der Waals surface area contributed by atoms with Gasteiger partial charge >= 0.3 is 30.8 Å². The summed E-state index contributed by atoms with van der Waals surface area (Å²) in [5.74, 6) is -1.91. The zero-order valence-corrected chi connectivity index (χ0v) is 46.1. The molecule has 76 heavy (non-hydrogen) atoms. The predicted molar refractivity (Wildman–Crippen MR) is 295 cm³/mol. The van der Waals surface area contributed by atoms with Gasteiger partial charge in [0.2, 0.25) is 11.8 Å². The summed E-state index contributed by atoms with van der Waals surface area (Å²) in [5.41, 5.74) is 12.6. The van der Waals surface area contributed by atoms with Crippen molar-refractivity contribution < 1.29 is 53.4 Å². The van der Waals surface area contributed by atoms with E-state index >= 15 is 0 Å². The fraction of sp³-hybridized carbons (Fsp3) is 0.400. The number of carboxylic acids is 1. The monoisotopic (exact) mass is 1030 g/mol. The van der Waals surface area contributed by atoms with Crippen LogP contribution in [0, 0.1) is 67.2 Å². The zero-order chi connectivity index (χ0) is 53.8. The number of carbonyl (C=O) groups is 4. The number of aryl methyl sites for hydroxylation is 8. The van der Waals surface area contributed by atoms with Gasteiger partial charge in [-0.3, -0.25) is 38.7 Å². The second-order valence-electron chi connectivity index (χ2n) is 20.1. The van der Waals surface area contributed by atoms with Gasteiger partial charge in [0.25, 0.3) is 11.1 Å². The van der Waals surface area contributed by atoms with Gasteiger partial charge < -0.3 is 35.1 Å². The van der Waals surface area contributed by atoms with Crippen LogP contribution in [-0.4, -0.2) is 60.5 Å². The molecular formula is C60H77LiN6O9. The van der Waals surface area contributed by atoms with Crippen molar-refractivity contribution in [3.8, 4) is 22.3 Å². The van der Waals surface area contributed by atoms with E-state index in [0.29, 0.717) is 24.0 Å². The molecule has 0 radical (unpaired) electrons. The molecule has 0 aliphatic heterocycles. The number of hydrogen-bond acceptors (Lipinski definition) is 10. The Kier molecular flexibility index (Phi) is 25.2. The summed E-state index contributed by atoms with van der Waals surface area (Å²) in [7, 11) is 1.32. The molecule has 6 rings (SSSR count). The number of nitrogens with one attached hydrogen (secondary N) is 2. The van der Waals surface area contributed by atoms with Crippen molar-refractivity contribution in [1.29, 1.82) is 0 Å². The van der Waals surface area contributed by atoms with E-state index < -0.39 is 42.0 Å². The van der Waals surface area contributed by atoms with Crippen LogP contribution in [0.5, 0.6) is 0 Å². The van der Waals surface area contributed by atoms with Gasteiger partial charge in [-0.15, -0.1) is 0 Å². The molecule has 2 amide bonds. The fourth-order valence-electron chi connectivity index (χ4n) is 9.14. The first-order chi connectivity index (χ1) is 34.5. The molecule has 0 fully saturated rings. The van der Waals surface area contributed by atoms with Crippen LogP contribution in [0.2, 0.25) is 0 Å². The summed E-state index contributed by atoms with van der Waals surface area (Å²) in [6, 6.07) is 16.1.